The van der Waals surface area contributed by atoms with Gasteiger partial charge in [0.2, 0.25) is 5.91 Å². The maximum Gasteiger partial charge on any atom is 0.264 e. The van der Waals surface area contributed by atoms with Crippen LogP contribution >= 0.6 is 11.3 Å². The molecule has 0 radical (unpaired) electrons. The molecule has 0 spiro atoms. The van der Waals surface area contributed by atoms with Crippen molar-refractivity contribution in [3.05, 3.63) is 47.0 Å². The van der Waals surface area contributed by atoms with Crippen molar-refractivity contribution < 1.29 is 9.59 Å². The van der Waals surface area contributed by atoms with Crippen LogP contribution in [0.3, 0.4) is 0 Å². The van der Waals surface area contributed by atoms with Crippen LogP contribution in [0.1, 0.15) is 15.4 Å². The number of carbonyl (C=O) groups excluding carboxylic acids is 2. The largest absolute Gasteiger partial charge is 0.355 e. The van der Waals surface area contributed by atoms with E-state index in [2.05, 4.69) is 10.4 Å². The van der Waals surface area contributed by atoms with E-state index >= 15 is 0 Å². The lowest BCUT2D eigenvalue weighted by molar-refractivity contribution is -0.122. The van der Waals surface area contributed by atoms with Crippen LogP contribution in [-0.4, -0.2) is 46.1 Å². The van der Waals surface area contributed by atoms with Gasteiger partial charge in [0, 0.05) is 30.9 Å². The number of nitrogens with one attached hydrogen (secondary N) is 1. The van der Waals surface area contributed by atoms with E-state index in [-0.39, 0.29) is 23.7 Å². The zero-order chi connectivity index (χ0) is 17.8. The minimum Gasteiger partial charge on any atom is -0.355 e. The summed E-state index contributed by atoms with van der Waals surface area (Å²) in [7, 11) is 0. The Balaban J connectivity index is 1.49. The van der Waals surface area contributed by atoms with Crippen LogP contribution in [0.2, 0.25) is 0 Å². The summed E-state index contributed by atoms with van der Waals surface area (Å²) in [5.41, 5.74) is 1.90. The quantitative estimate of drug-likeness (QED) is 0.756. The summed E-state index contributed by atoms with van der Waals surface area (Å²) in [4.78, 5) is 28.4. The van der Waals surface area contributed by atoms with Crippen LogP contribution in [0.4, 0.5) is 0 Å². The number of para-hydroxylation sites is 1. The Labute approximate surface area is 154 Å². The molecular formula is C19H18N4O2S. The predicted molar refractivity (Wildman–Crippen MR) is 99.6 cm³/mol. The normalized spacial score (nSPS) is 22.0. The maximum absolute atomic E-state index is 13.0. The van der Waals surface area contributed by atoms with E-state index in [1.807, 2.05) is 52.9 Å². The van der Waals surface area contributed by atoms with Crippen LogP contribution in [0.25, 0.3) is 15.9 Å². The van der Waals surface area contributed by atoms with Gasteiger partial charge in [0.25, 0.3) is 5.91 Å². The predicted octanol–water partition coefficient (Wildman–Crippen LogP) is 2.21. The van der Waals surface area contributed by atoms with E-state index < -0.39 is 0 Å². The zero-order valence-corrected chi connectivity index (χ0v) is 15.1. The molecule has 0 bridgehead atoms. The Bertz CT molecular complexity index is 1020. The summed E-state index contributed by atoms with van der Waals surface area (Å²) in [6.07, 6.45) is 0. The molecule has 2 aliphatic heterocycles. The Morgan fingerprint density at radius 3 is 2.85 bits per heavy atom. The second kappa shape index (κ2) is 5.67. The molecule has 1 N–H and O–H groups in total. The maximum atomic E-state index is 13.0. The Morgan fingerprint density at radius 1 is 1.27 bits per heavy atom. The Kier molecular flexibility index (Phi) is 3.40. The number of nitrogens with zero attached hydrogens (tertiary/aromatic N) is 3. The minimum absolute atomic E-state index is 0.0208. The topological polar surface area (TPSA) is 67.2 Å². The Hall–Kier alpha value is -2.67. The second-order valence-electron chi connectivity index (χ2n) is 6.98. The molecule has 4 heterocycles. The van der Waals surface area contributed by atoms with Gasteiger partial charge in [-0.1, -0.05) is 18.2 Å². The van der Waals surface area contributed by atoms with Gasteiger partial charge < -0.3 is 10.2 Å². The van der Waals surface area contributed by atoms with Crippen LogP contribution in [0, 0.1) is 18.8 Å². The molecular weight excluding hydrogens is 348 g/mol. The first-order valence-electron chi connectivity index (χ1n) is 8.73. The van der Waals surface area contributed by atoms with Gasteiger partial charge in [0.1, 0.15) is 4.83 Å². The third-order valence-corrected chi connectivity index (χ3v) is 6.46. The summed E-state index contributed by atoms with van der Waals surface area (Å²) in [6.45, 7) is 3.82. The lowest BCUT2D eigenvalue weighted by Crippen LogP contribution is -2.33. The second-order valence-corrected chi connectivity index (χ2v) is 8.01. The first kappa shape index (κ1) is 15.6. The summed E-state index contributed by atoms with van der Waals surface area (Å²) in [6, 6.07) is 11.9. The molecule has 5 rings (SSSR count). The van der Waals surface area contributed by atoms with Crippen molar-refractivity contribution in [1.82, 2.24) is 20.0 Å². The van der Waals surface area contributed by atoms with Crippen molar-refractivity contribution in [2.45, 2.75) is 6.92 Å². The van der Waals surface area contributed by atoms with Crippen LogP contribution in [0.5, 0.6) is 0 Å². The van der Waals surface area contributed by atoms with Crippen LogP contribution in [0.15, 0.2) is 36.4 Å². The molecule has 3 aromatic rings. The fourth-order valence-electron chi connectivity index (χ4n) is 3.96. The minimum atomic E-state index is -0.0464. The first-order chi connectivity index (χ1) is 12.6. The molecule has 132 valence electrons. The molecule has 0 aliphatic carbocycles. The van der Waals surface area contributed by atoms with Gasteiger partial charge >= 0.3 is 0 Å². The fraction of sp³-hybridized carbons (Fsp3) is 0.316. The van der Waals surface area contributed by atoms with Crippen LogP contribution < -0.4 is 5.32 Å². The standard InChI is InChI=1S/C19H18N4O2S/c1-11-14-7-16(18(25)22-9-12-8-20-17(24)15(12)10-22)26-19(14)23(21-11)13-5-3-2-4-6-13/h2-7,12,15H,8-10H2,1H3,(H,20,24)/t12-,15+/m0/s1. The third-order valence-electron chi connectivity index (χ3n) is 5.36. The van der Waals surface area contributed by atoms with E-state index in [0.717, 1.165) is 21.6 Å². The number of aryl methyl sites for hydroxylation is 1. The highest BCUT2D eigenvalue weighted by Crippen LogP contribution is 2.33. The van der Waals surface area contributed by atoms with Gasteiger partial charge in [-0.3, -0.25) is 9.59 Å². The number of benzene rings is 1. The first-order valence-corrected chi connectivity index (χ1v) is 9.55. The number of carbonyl (C=O) groups is 2. The molecule has 7 heteroatoms. The monoisotopic (exact) mass is 366 g/mol. The Morgan fingerprint density at radius 2 is 2.08 bits per heavy atom. The highest BCUT2D eigenvalue weighted by atomic mass is 32.1. The van der Waals surface area contributed by atoms with Gasteiger partial charge in [0.15, 0.2) is 0 Å². The highest BCUT2D eigenvalue weighted by Gasteiger charge is 2.43. The van der Waals surface area contributed by atoms with Gasteiger partial charge in [-0.15, -0.1) is 11.3 Å². The number of hydrogen-bond donors (Lipinski definition) is 1. The highest BCUT2D eigenvalue weighted by molar-refractivity contribution is 7.20. The molecule has 0 unspecified atom stereocenters. The van der Waals surface area contributed by atoms with Crippen molar-refractivity contribution in [3.8, 4) is 5.69 Å². The van der Waals surface area contributed by atoms with Gasteiger partial charge in [-0.2, -0.15) is 5.10 Å². The van der Waals surface area contributed by atoms with E-state index in [1.165, 1.54) is 11.3 Å². The lowest BCUT2D eigenvalue weighted by atomic mass is 10.0. The molecule has 6 nitrogen and oxygen atoms in total. The zero-order valence-electron chi connectivity index (χ0n) is 14.3. The molecule has 26 heavy (non-hydrogen) atoms. The third kappa shape index (κ3) is 2.27. The molecule has 0 saturated carbocycles. The van der Waals surface area contributed by atoms with Crippen LogP contribution in [-0.2, 0) is 4.79 Å². The van der Waals surface area contributed by atoms with Crippen molar-refractivity contribution >= 4 is 33.4 Å². The molecule has 2 atom stereocenters. The molecule has 2 aliphatic rings. The lowest BCUT2D eigenvalue weighted by Gasteiger charge is -2.16. The van der Waals surface area contributed by atoms with E-state index in [9.17, 15) is 9.59 Å². The number of rotatable bonds is 2. The number of aromatic nitrogens is 2. The molecule has 2 fully saturated rings. The number of thiophene rings is 1. The van der Waals surface area contributed by atoms with Gasteiger partial charge in [-0.05, 0) is 25.1 Å². The number of fused-ring (bicyclic) bond motifs is 2. The van der Waals surface area contributed by atoms with E-state index in [4.69, 9.17) is 0 Å². The molecule has 1 aromatic carbocycles. The number of amides is 2. The molecule has 2 aromatic heterocycles. The summed E-state index contributed by atoms with van der Waals surface area (Å²) in [5, 5.41) is 8.52. The molecule has 2 amide bonds. The summed E-state index contributed by atoms with van der Waals surface area (Å²) in [5.74, 6) is 0.307. The average molecular weight is 366 g/mol. The van der Waals surface area contributed by atoms with E-state index in [1.54, 1.807) is 0 Å². The summed E-state index contributed by atoms with van der Waals surface area (Å²) < 4.78 is 1.90. The fourth-order valence-corrected chi connectivity index (χ4v) is 5.11. The van der Waals surface area contributed by atoms with Gasteiger partial charge in [0.05, 0.1) is 22.2 Å². The van der Waals surface area contributed by atoms with Crippen molar-refractivity contribution in [2.24, 2.45) is 11.8 Å². The molecule has 2 saturated heterocycles. The number of hydrogen-bond acceptors (Lipinski definition) is 4. The van der Waals surface area contributed by atoms with E-state index in [0.29, 0.717) is 24.5 Å². The summed E-state index contributed by atoms with van der Waals surface area (Å²) >= 11 is 1.47. The smallest absolute Gasteiger partial charge is 0.264 e. The van der Waals surface area contributed by atoms with Crippen molar-refractivity contribution in [2.75, 3.05) is 19.6 Å². The van der Waals surface area contributed by atoms with Crippen molar-refractivity contribution in [1.29, 1.82) is 0 Å². The average Bonchev–Trinajstić information content (AvgIpc) is 3.39. The number of likely N-dealkylation sites (tertiary alicyclic amines) is 1. The SMILES string of the molecule is Cc1nn(-c2ccccc2)c2sc(C(=O)N3C[C@@H]4CNC(=O)[C@@H]4C3)cc12. The van der Waals surface area contributed by atoms with Crippen molar-refractivity contribution in [3.63, 3.8) is 0 Å². The van der Waals surface area contributed by atoms with Gasteiger partial charge in [-0.25, -0.2) is 4.68 Å².